The molecular weight excluding hydrogens is 330 g/mol. The molecule has 1 saturated heterocycles. The van der Waals surface area contributed by atoms with Gasteiger partial charge in [-0.1, -0.05) is 5.16 Å². The minimum Gasteiger partial charge on any atom is -0.361 e. The van der Waals surface area contributed by atoms with Gasteiger partial charge in [-0.3, -0.25) is 4.79 Å². The van der Waals surface area contributed by atoms with E-state index in [1.54, 1.807) is 0 Å². The first kappa shape index (κ1) is 17.5. The highest BCUT2D eigenvalue weighted by Crippen LogP contribution is 2.14. The highest BCUT2D eigenvalue weighted by molar-refractivity contribution is 5.91. The first-order valence-corrected chi connectivity index (χ1v) is 8.34. The number of quaternary nitrogens is 2. The molecule has 1 aliphatic rings. The number of nitrogens with zero attached hydrogens (tertiary/aromatic N) is 1. The third-order valence-electron chi connectivity index (χ3n) is 4.39. The molecule has 1 fully saturated rings. The summed E-state index contributed by atoms with van der Waals surface area (Å²) in [7, 11) is 0. The standard InChI is InChI=1S/C17H20F2N4O2/c1-12-8-14(21-25-12)10-22-4-6-23(7-5-22)11-17(24)20-16-3-2-13(18)9-15(16)19/h2-3,8-9H,4-7,10-11H2,1H3,(H,20,24)/p+2. The van der Waals surface area contributed by atoms with Crippen LogP contribution in [-0.4, -0.2) is 43.8 Å². The number of benzene rings is 1. The molecule has 0 unspecified atom stereocenters. The van der Waals surface area contributed by atoms with Crippen molar-refractivity contribution in [2.75, 3.05) is 38.0 Å². The number of hydrogen-bond acceptors (Lipinski definition) is 3. The van der Waals surface area contributed by atoms with Crippen LogP contribution in [0.1, 0.15) is 11.5 Å². The molecule has 1 aromatic heterocycles. The molecule has 25 heavy (non-hydrogen) atoms. The van der Waals surface area contributed by atoms with Gasteiger partial charge in [-0.25, -0.2) is 8.78 Å². The summed E-state index contributed by atoms with van der Waals surface area (Å²) in [6.07, 6.45) is 0. The Morgan fingerprint density at radius 3 is 2.56 bits per heavy atom. The van der Waals surface area contributed by atoms with Gasteiger partial charge in [0.25, 0.3) is 5.91 Å². The highest BCUT2D eigenvalue weighted by atomic mass is 19.1. The van der Waals surface area contributed by atoms with Gasteiger partial charge < -0.3 is 19.6 Å². The molecule has 3 N–H and O–H groups in total. The summed E-state index contributed by atoms with van der Waals surface area (Å²) in [4.78, 5) is 14.6. The quantitative estimate of drug-likeness (QED) is 0.659. The molecule has 2 heterocycles. The summed E-state index contributed by atoms with van der Waals surface area (Å²) in [6, 6.07) is 5.06. The number of piperazine rings is 1. The monoisotopic (exact) mass is 352 g/mol. The smallest absolute Gasteiger partial charge is 0.279 e. The van der Waals surface area contributed by atoms with E-state index in [2.05, 4.69) is 10.5 Å². The zero-order chi connectivity index (χ0) is 17.8. The van der Waals surface area contributed by atoms with E-state index in [1.807, 2.05) is 13.0 Å². The predicted molar refractivity (Wildman–Crippen MR) is 86.2 cm³/mol. The minimum atomic E-state index is -0.763. The fraction of sp³-hybridized carbons (Fsp3) is 0.412. The van der Waals surface area contributed by atoms with Crippen molar-refractivity contribution in [2.24, 2.45) is 0 Å². The summed E-state index contributed by atoms with van der Waals surface area (Å²) < 4.78 is 31.5. The summed E-state index contributed by atoms with van der Waals surface area (Å²) in [6.45, 7) is 6.52. The van der Waals surface area contributed by atoms with Crippen molar-refractivity contribution >= 4 is 11.6 Å². The number of amides is 1. The van der Waals surface area contributed by atoms with E-state index in [1.165, 1.54) is 11.0 Å². The molecule has 0 bridgehead atoms. The predicted octanol–water partition coefficient (Wildman–Crippen LogP) is -0.817. The molecule has 3 rings (SSSR count). The van der Waals surface area contributed by atoms with Crippen LogP contribution in [0.15, 0.2) is 28.8 Å². The SMILES string of the molecule is Cc1cc(C[NH+]2CC[NH+](CC(=O)Nc3ccc(F)cc3F)CC2)no1. The molecule has 2 aromatic rings. The average Bonchev–Trinajstić information content (AvgIpc) is 2.97. The van der Waals surface area contributed by atoms with Crippen molar-refractivity contribution in [3.8, 4) is 0 Å². The first-order chi connectivity index (χ1) is 12.0. The second-order valence-electron chi connectivity index (χ2n) is 6.45. The largest absolute Gasteiger partial charge is 0.361 e. The summed E-state index contributed by atoms with van der Waals surface area (Å²) >= 11 is 0. The number of halogens is 2. The number of carbonyl (C=O) groups is 1. The number of aryl methyl sites for hydroxylation is 1. The maximum atomic E-state index is 13.6. The Morgan fingerprint density at radius 1 is 1.20 bits per heavy atom. The van der Waals surface area contributed by atoms with Gasteiger partial charge >= 0.3 is 0 Å². The third kappa shape index (κ3) is 4.83. The van der Waals surface area contributed by atoms with Crippen molar-refractivity contribution in [3.05, 3.63) is 47.4 Å². The Morgan fingerprint density at radius 2 is 1.92 bits per heavy atom. The zero-order valence-electron chi connectivity index (χ0n) is 14.1. The van der Waals surface area contributed by atoms with Crippen LogP contribution in [0.2, 0.25) is 0 Å². The first-order valence-electron chi connectivity index (χ1n) is 8.34. The summed E-state index contributed by atoms with van der Waals surface area (Å²) in [5.41, 5.74) is 0.956. The minimum absolute atomic E-state index is 0.0106. The van der Waals surface area contributed by atoms with Gasteiger partial charge in [0.2, 0.25) is 0 Å². The van der Waals surface area contributed by atoms with Gasteiger partial charge in [0.15, 0.2) is 6.54 Å². The molecule has 0 saturated carbocycles. The third-order valence-corrected chi connectivity index (χ3v) is 4.39. The van der Waals surface area contributed by atoms with Crippen LogP contribution < -0.4 is 15.1 Å². The van der Waals surface area contributed by atoms with E-state index in [9.17, 15) is 13.6 Å². The maximum absolute atomic E-state index is 13.6. The normalized spacial score (nSPS) is 20.4. The van der Waals surface area contributed by atoms with Gasteiger partial charge in [-0.2, -0.15) is 0 Å². The van der Waals surface area contributed by atoms with Gasteiger partial charge in [0.1, 0.15) is 55.8 Å². The van der Waals surface area contributed by atoms with Crippen LogP contribution >= 0.6 is 0 Å². The molecular formula is C17H22F2N4O2+2. The number of nitrogens with one attached hydrogen (secondary N) is 3. The van der Waals surface area contributed by atoms with Crippen LogP contribution in [0.3, 0.4) is 0 Å². The fourth-order valence-corrected chi connectivity index (χ4v) is 3.08. The van der Waals surface area contributed by atoms with E-state index in [0.29, 0.717) is 0 Å². The molecule has 0 atom stereocenters. The second-order valence-corrected chi connectivity index (χ2v) is 6.45. The van der Waals surface area contributed by atoms with Crippen LogP contribution in [0.4, 0.5) is 14.5 Å². The van der Waals surface area contributed by atoms with E-state index < -0.39 is 11.6 Å². The van der Waals surface area contributed by atoms with Gasteiger partial charge in [-0.05, 0) is 19.1 Å². The van der Waals surface area contributed by atoms with E-state index in [0.717, 1.165) is 61.2 Å². The molecule has 0 aliphatic carbocycles. The van der Waals surface area contributed by atoms with Crippen molar-refractivity contribution in [3.63, 3.8) is 0 Å². The summed E-state index contributed by atoms with van der Waals surface area (Å²) in [5, 5.41) is 6.52. The molecule has 1 aromatic carbocycles. The number of anilines is 1. The van der Waals surface area contributed by atoms with Crippen LogP contribution in [-0.2, 0) is 11.3 Å². The number of carbonyl (C=O) groups excluding carboxylic acids is 1. The topological polar surface area (TPSA) is 64.0 Å². The van der Waals surface area contributed by atoms with Crippen molar-refractivity contribution in [2.45, 2.75) is 13.5 Å². The highest BCUT2D eigenvalue weighted by Gasteiger charge is 2.25. The van der Waals surface area contributed by atoms with Crippen LogP contribution in [0.5, 0.6) is 0 Å². The molecule has 0 spiro atoms. The molecule has 6 nitrogen and oxygen atoms in total. The lowest BCUT2D eigenvalue weighted by Crippen LogP contribution is -3.28. The lowest BCUT2D eigenvalue weighted by atomic mass is 10.2. The average molecular weight is 352 g/mol. The fourth-order valence-electron chi connectivity index (χ4n) is 3.08. The maximum Gasteiger partial charge on any atom is 0.279 e. The van der Waals surface area contributed by atoms with E-state index in [4.69, 9.17) is 4.52 Å². The van der Waals surface area contributed by atoms with Crippen molar-refractivity contribution < 1.29 is 27.9 Å². The van der Waals surface area contributed by atoms with Gasteiger partial charge in [0.05, 0.1) is 5.69 Å². The zero-order valence-corrected chi connectivity index (χ0v) is 14.1. The Kier molecular flexibility index (Phi) is 5.40. The van der Waals surface area contributed by atoms with Crippen LogP contribution in [0, 0.1) is 18.6 Å². The van der Waals surface area contributed by atoms with E-state index >= 15 is 0 Å². The van der Waals surface area contributed by atoms with Gasteiger partial charge in [0, 0.05) is 12.1 Å². The second kappa shape index (κ2) is 7.71. The molecule has 0 radical (unpaired) electrons. The Hall–Kier alpha value is -2.32. The summed E-state index contributed by atoms with van der Waals surface area (Å²) in [5.74, 6) is -0.887. The Balaban J connectivity index is 1.44. The lowest BCUT2D eigenvalue weighted by molar-refractivity contribution is -1.02. The van der Waals surface area contributed by atoms with Gasteiger partial charge in [-0.15, -0.1) is 0 Å². The Labute approximate surface area is 144 Å². The lowest BCUT2D eigenvalue weighted by Gasteiger charge is -2.28. The molecule has 134 valence electrons. The number of aromatic nitrogens is 1. The molecule has 1 amide bonds. The van der Waals surface area contributed by atoms with Crippen molar-refractivity contribution in [1.29, 1.82) is 0 Å². The Bertz CT molecular complexity index is 742. The van der Waals surface area contributed by atoms with Crippen molar-refractivity contribution in [1.82, 2.24) is 5.16 Å². The molecule has 1 aliphatic heterocycles. The van der Waals surface area contributed by atoms with Crippen LogP contribution in [0.25, 0.3) is 0 Å². The molecule has 8 heteroatoms. The van der Waals surface area contributed by atoms with E-state index in [-0.39, 0.29) is 18.1 Å². The number of rotatable bonds is 5. The number of hydrogen-bond donors (Lipinski definition) is 3.